The van der Waals surface area contributed by atoms with Gasteiger partial charge in [-0.15, -0.1) is 0 Å². The molecular formula is C18H18O. The zero-order valence-electron chi connectivity index (χ0n) is 11.0. The molecule has 0 saturated heterocycles. The smallest absolute Gasteiger partial charge is 0.143 e. The van der Waals surface area contributed by atoms with Gasteiger partial charge in [0.15, 0.2) is 0 Å². The van der Waals surface area contributed by atoms with E-state index in [0.29, 0.717) is 12.2 Å². The highest BCUT2D eigenvalue weighted by Gasteiger charge is 2.49. The Balaban J connectivity index is 1.68. The fourth-order valence-corrected chi connectivity index (χ4v) is 2.75. The number of hydrogen-bond donors (Lipinski definition) is 0. The first-order valence-electron chi connectivity index (χ1n) is 6.94. The van der Waals surface area contributed by atoms with Crippen LogP contribution in [-0.4, -0.2) is 5.78 Å². The van der Waals surface area contributed by atoms with Crippen molar-refractivity contribution in [2.75, 3.05) is 0 Å². The van der Waals surface area contributed by atoms with Gasteiger partial charge in [0.25, 0.3) is 0 Å². The van der Waals surface area contributed by atoms with Crippen LogP contribution in [0.3, 0.4) is 0 Å². The predicted molar refractivity (Wildman–Crippen MR) is 77.1 cm³/mol. The maximum absolute atomic E-state index is 12.5. The largest absolute Gasteiger partial charge is 0.299 e. The van der Waals surface area contributed by atoms with Crippen molar-refractivity contribution < 1.29 is 4.79 Å². The van der Waals surface area contributed by atoms with Crippen LogP contribution in [0, 0.1) is 0 Å². The molecule has 2 aromatic rings. The summed E-state index contributed by atoms with van der Waals surface area (Å²) in [6, 6.07) is 20.5. The zero-order chi connectivity index (χ0) is 13.1. The van der Waals surface area contributed by atoms with Crippen molar-refractivity contribution in [1.82, 2.24) is 0 Å². The molecule has 1 nitrogen and oxygen atoms in total. The van der Waals surface area contributed by atoms with E-state index in [0.717, 1.165) is 19.3 Å². The Morgan fingerprint density at radius 1 is 0.895 bits per heavy atom. The van der Waals surface area contributed by atoms with E-state index in [4.69, 9.17) is 0 Å². The molecule has 0 N–H and O–H groups in total. The van der Waals surface area contributed by atoms with Crippen LogP contribution < -0.4 is 0 Å². The zero-order valence-corrected chi connectivity index (χ0v) is 11.0. The lowest BCUT2D eigenvalue weighted by atomic mass is 9.88. The van der Waals surface area contributed by atoms with Gasteiger partial charge in [0.05, 0.1) is 5.41 Å². The van der Waals surface area contributed by atoms with Crippen molar-refractivity contribution >= 4 is 5.78 Å². The Labute approximate surface area is 114 Å². The maximum Gasteiger partial charge on any atom is 0.143 e. The SMILES string of the molecule is O=C(CCc1ccccc1)C1(c2ccccc2)CC1. The Morgan fingerprint density at radius 3 is 2.05 bits per heavy atom. The summed E-state index contributed by atoms with van der Waals surface area (Å²) in [5.41, 5.74) is 2.29. The summed E-state index contributed by atoms with van der Waals surface area (Å²) in [5.74, 6) is 0.405. The molecule has 0 aromatic heterocycles. The van der Waals surface area contributed by atoms with E-state index in [2.05, 4.69) is 24.3 Å². The van der Waals surface area contributed by atoms with Crippen molar-refractivity contribution in [1.29, 1.82) is 0 Å². The molecule has 19 heavy (non-hydrogen) atoms. The number of carbonyl (C=O) groups excluding carboxylic acids is 1. The van der Waals surface area contributed by atoms with Gasteiger partial charge in [-0.05, 0) is 30.4 Å². The molecular weight excluding hydrogens is 232 g/mol. The number of aryl methyl sites for hydroxylation is 1. The minimum atomic E-state index is -0.157. The van der Waals surface area contributed by atoms with Crippen LogP contribution in [0.15, 0.2) is 60.7 Å². The first-order chi connectivity index (χ1) is 9.31. The molecule has 0 heterocycles. The quantitative estimate of drug-likeness (QED) is 0.786. The van der Waals surface area contributed by atoms with Crippen LogP contribution in [0.1, 0.15) is 30.4 Å². The minimum Gasteiger partial charge on any atom is -0.299 e. The Morgan fingerprint density at radius 2 is 1.47 bits per heavy atom. The van der Waals surface area contributed by atoms with Crippen LogP contribution in [-0.2, 0) is 16.6 Å². The van der Waals surface area contributed by atoms with Gasteiger partial charge in [-0.2, -0.15) is 0 Å². The second kappa shape index (κ2) is 5.00. The minimum absolute atomic E-state index is 0.157. The summed E-state index contributed by atoms with van der Waals surface area (Å²) in [6.07, 6.45) is 3.54. The molecule has 1 saturated carbocycles. The van der Waals surface area contributed by atoms with Gasteiger partial charge in [-0.1, -0.05) is 60.7 Å². The normalized spacial score (nSPS) is 16.0. The number of hydrogen-bond acceptors (Lipinski definition) is 1. The average Bonchev–Trinajstić information content (AvgIpc) is 3.28. The number of rotatable bonds is 5. The van der Waals surface area contributed by atoms with E-state index >= 15 is 0 Å². The Bertz CT molecular complexity index is 553. The summed E-state index contributed by atoms with van der Waals surface area (Å²) >= 11 is 0. The fraction of sp³-hybridized carbons (Fsp3) is 0.278. The Kier molecular flexibility index (Phi) is 3.20. The molecule has 1 heteroatoms. The van der Waals surface area contributed by atoms with Gasteiger partial charge in [-0.25, -0.2) is 0 Å². The summed E-state index contributed by atoms with van der Waals surface area (Å²) in [7, 11) is 0. The average molecular weight is 250 g/mol. The van der Waals surface area contributed by atoms with Crippen LogP contribution in [0.5, 0.6) is 0 Å². The highest BCUT2D eigenvalue weighted by atomic mass is 16.1. The molecule has 0 atom stereocenters. The van der Waals surface area contributed by atoms with Crippen molar-refractivity contribution in [2.45, 2.75) is 31.1 Å². The van der Waals surface area contributed by atoms with Gasteiger partial charge < -0.3 is 0 Å². The maximum atomic E-state index is 12.5. The molecule has 2 aromatic carbocycles. The molecule has 1 aliphatic carbocycles. The molecule has 0 aliphatic heterocycles. The summed E-state index contributed by atoms with van der Waals surface area (Å²) in [6.45, 7) is 0. The highest BCUT2D eigenvalue weighted by molar-refractivity contribution is 5.93. The molecule has 96 valence electrons. The van der Waals surface area contributed by atoms with E-state index in [1.807, 2.05) is 36.4 Å². The predicted octanol–water partition coefficient (Wildman–Crippen LogP) is 3.92. The monoisotopic (exact) mass is 250 g/mol. The van der Waals surface area contributed by atoms with Crippen molar-refractivity contribution in [3.8, 4) is 0 Å². The van der Waals surface area contributed by atoms with E-state index < -0.39 is 0 Å². The van der Waals surface area contributed by atoms with Crippen LogP contribution in [0.4, 0.5) is 0 Å². The first kappa shape index (κ1) is 12.2. The lowest BCUT2D eigenvalue weighted by Crippen LogP contribution is -2.20. The number of ketones is 1. The topological polar surface area (TPSA) is 17.1 Å². The van der Waals surface area contributed by atoms with Crippen molar-refractivity contribution in [2.24, 2.45) is 0 Å². The van der Waals surface area contributed by atoms with Crippen LogP contribution >= 0.6 is 0 Å². The second-order valence-corrected chi connectivity index (χ2v) is 5.36. The summed E-state index contributed by atoms with van der Waals surface area (Å²) in [4.78, 5) is 12.5. The van der Waals surface area contributed by atoms with Gasteiger partial charge >= 0.3 is 0 Å². The van der Waals surface area contributed by atoms with E-state index in [9.17, 15) is 4.79 Å². The summed E-state index contributed by atoms with van der Waals surface area (Å²) in [5, 5.41) is 0. The van der Waals surface area contributed by atoms with Gasteiger partial charge in [0.1, 0.15) is 5.78 Å². The van der Waals surface area contributed by atoms with Crippen molar-refractivity contribution in [3.05, 3.63) is 71.8 Å². The lowest BCUT2D eigenvalue weighted by molar-refractivity contribution is -0.121. The molecule has 0 unspecified atom stereocenters. The molecule has 3 rings (SSSR count). The highest BCUT2D eigenvalue weighted by Crippen LogP contribution is 2.49. The standard InChI is InChI=1S/C18H18O/c19-17(12-11-15-7-3-1-4-8-15)18(13-14-18)16-9-5-2-6-10-16/h1-10H,11-14H2. The molecule has 0 radical (unpaired) electrons. The van der Waals surface area contributed by atoms with E-state index in [-0.39, 0.29) is 5.41 Å². The number of benzene rings is 2. The van der Waals surface area contributed by atoms with Crippen LogP contribution in [0.25, 0.3) is 0 Å². The lowest BCUT2D eigenvalue weighted by Gasteiger charge is -2.14. The second-order valence-electron chi connectivity index (χ2n) is 5.36. The third kappa shape index (κ3) is 2.46. The van der Waals surface area contributed by atoms with Crippen molar-refractivity contribution in [3.63, 3.8) is 0 Å². The Hall–Kier alpha value is -1.89. The number of Topliss-reactive ketones (excluding diaryl/α,β-unsaturated/α-hetero) is 1. The molecule has 0 amide bonds. The molecule has 0 spiro atoms. The van der Waals surface area contributed by atoms with Gasteiger partial charge in [0, 0.05) is 6.42 Å². The van der Waals surface area contributed by atoms with E-state index in [1.54, 1.807) is 0 Å². The van der Waals surface area contributed by atoms with E-state index in [1.165, 1.54) is 11.1 Å². The third-order valence-electron chi connectivity index (χ3n) is 4.09. The fourth-order valence-electron chi connectivity index (χ4n) is 2.75. The van der Waals surface area contributed by atoms with Gasteiger partial charge in [-0.3, -0.25) is 4.79 Å². The third-order valence-corrected chi connectivity index (χ3v) is 4.09. The first-order valence-corrected chi connectivity index (χ1v) is 6.94. The number of carbonyl (C=O) groups is 1. The summed E-state index contributed by atoms with van der Waals surface area (Å²) < 4.78 is 0. The van der Waals surface area contributed by atoms with Gasteiger partial charge in [0.2, 0.25) is 0 Å². The molecule has 0 bridgehead atoms. The van der Waals surface area contributed by atoms with Crippen LogP contribution in [0.2, 0.25) is 0 Å². The molecule has 1 fully saturated rings. The molecule has 1 aliphatic rings.